The minimum atomic E-state index is -0.271. The van der Waals surface area contributed by atoms with Crippen molar-refractivity contribution in [3.8, 4) is 0 Å². The van der Waals surface area contributed by atoms with Gasteiger partial charge in [0, 0.05) is 17.3 Å². The highest BCUT2D eigenvalue weighted by atomic mass is 15.1. The molecule has 1 unspecified atom stereocenters. The standard InChI is InChI=1S/C24H20BN3/c25-21-13-11-19(12-14-21)23(26)28-24-22(18-9-5-2-6-10-18)15-20(16-27-24)17-7-3-1-4-8-17/h1-16,24,27H,(H2,26,28). The topological polar surface area (TPSA) is 50.4 Å². The lowest BCUT2D eigenvalue weighted by atomic mass is 9.94. The number of nitrogens with two attached hydrogens (primary N) is 1. The molecule has 0 fully saturated rings. The average molecular weight is 361 g/mol. The van der Waals surface area contributed by atoms with Crippen molar-refractivity contribution in [2.45, 2.75) is 6.17 Å². The first-order valence-corrected chi connectivity index (χ1v) is 9.18. The van der Waals surface area contributed by atoms with Gasteiger partial charge in [0.15, 0.2) is 0 Å². The molecule has 1 atom stereocenters. The molecule has 3 aromatic carbocycles. The van der Waals surface area contributed by atoms with E-state index in [1.165, 1.54) is 0 Å². The molecular formula is C24H20BN3. The van der Waals surface area contributed by atoms with Crippen LogP contribution in [0.25, 0.3) is 11.1 Å². The Morgan fingerprint density at radius 3 is 2.07 bits per heavy atom. The van der Waals surface area contributed by atoms with Gasteiger partial charge >= 0.3 is 0 Å². The van der Waals surface area contributed by atoms with Crippen molar-refractivity contribution in [2.24, 2.45) is 10.7 Å². The molecule has 28 heavy (non-hydrogen) atoms. The molecule has 1 heterocycles. The monoisotopic (exact) mass is 361 g/mol. The van der Waals surface area contributed by atoms with Crippen molar-refractivity contribution in [3.63, 3.8) is 0 Å². The number of dihydropyridines is 1. The summed E-state index contributed by atoms with van der Waals surface area (Å²) < 4.78 is 0. The second-order valence-electron chi connectivity index (χ2n) is 6.64. The van der Waals surface area contributed by atoms with Crippen LogP contribution in [-0.2, 0) is 0 Å². The Hall–Kier alpha value is -3.53. The molecule has 1 aliphatic rings. The van der Waals surface area contributed by atoms with Crippen molar-refractivity contribution in [2.75, 3.05) is 0 Å². The summed E-state index contributed by atoms with van der Waals surface area (Å²) in [6.07, 6.45) is 3.89. The van der Waals surface area contributed by atoms with Gasteiger partial charge in [-0.15, -0.1) is 0 Å². The fourth-order valence-electron chi connectivity index (χ4n) is 3.19. The molecule has 2 radical (unpaired) electrons. The maximum absolute atomic E-state index is 6.28. The third kappa shape index (κ3) is 3.91. The molecule has 0 bridgehead atoms. The van der Waals surface area contributed by atoms with Gasteiger partial charge in [0.25, 0.3) is 0 Å². The zero-order chi connectivity index (χ0) is 19.3. The van der Waals surface area contributed by atoms with Crippen LogP contribution in [0.5, 0.6) is 0 Å². The molecule has 0 saturated heterocycles. The largest absolute Gasteiger partial charge is 0.383 e. The summed E-state index contributed by atoms with van der Waals surface area (Å²) >= 11 is 0. The van der Waals surface area contributed by atoms with Gasteiger partial charge in [-0.25, -0.2) is 4.99 Å². The molecule has 0 saturated carbocycles. The quantitative estimate of drug-likeness (QED) is 0.426. The summed E-state index contributed by atoms with van der Waals surface area (Å²) in [5.74, 6) is 0.468. The fourth-order valence-corrected chi connectivity index (χ4v) is 3.19. The predicted octanol–water partition coefficient (Wildman–Crippen LogP) is 3.24. The molecule has 0 aliphatic carbocycles. The first-order valence-electron chi connectivity index (χ1n) is 9.18. The van der Waals surface area contributed by atoms with Crippen LogP contribution in [0, 0.1) is 0 Å². The Balaban J connectivity index is 1.71. The highest BCUT2D eigenvalue weighted by Crippen LogP contribution is 2.29. The second-order valence-corrected chi connectivity index (χ2v) is 6.64. The second kappa shape index (κ2) is 8.01. The molecule has 134 valence electrons. The first kappa shape index (κ1) is 17.9. The van der Waals surface area contributed by atoms with E-state index >= 15 is 0 Å². The van der Waals surface area contributed by atoms with Crippen molar-refractivity contribution < 1.29 is 0 Å². The Bertz CT molecular complexity index is 1040. The molecule has 3 aromatic rings. The Morgan fingerprint density at radius 2 is 1.43 bits per heavy atom. The molecule has 0 spiro atoms. The molecule has 3 nitrogen and oxygen atoms in total. The van der Waals surface area contributed by atoms with Crippen LogP contribution in [0.1, 0.15) is 16.7 Å². The summed E-state index contributed by atoms with van der Waals surface area (Å²) in [7, 11) is 5.77. The van der Waals surface area contributed by atoms with Gasteiger partial charge in [-0.2, -0.15) is 0 Å². The van der Waals surface area contributed by atoms with Gasteiger partial charge in [-0.05, 0) is 22.8 Å². The number of rotatable bonds is 4. The number of amidine groups is 1. The minimum absolute atomic E-state index is 0.271. The number of aliphatic imine (C=N–C) groups is 1. The highest BCUT2D eigenvalue weighted by Gasteiger charge is 2.19. The predicted molar refractivity (Wildman–Crippen MR) is 118 cm³/mol. The van der Waals surface area contributed by atoms with Crippen LogP contribution < -0.4 is 16.5 Å². The number of hydrogen-bond donors (Lipinski definition) is 2. The number of nitrogens with zero attached hydrogens (tertiary/aromatic N) is 1. The summed E-state index contributed by atoms with van der Waals surface area (Å²) in [5.41, 5.74) is 12.3. The average Bonchev–Trinajstić information content (AvgIpc) is 2.75. The van der Waals surface area contributed by atoms with E-state index in [1.54, 1.807) is 0 Å². The highest BCUT2D eigenvalue weighted by molar-refractivity contribution is 6.32. The van der Waals surface area contributed by atoms with Crippen LogP contribution in [0.2, 0.25) is 0 Å². The van der Waals surface area contributed by atoms with E-state index in [-0.39, 0.29) is 6.17 Å². The van der Waals surface area contributed by atoms with Crippen LogP contribution in [0.3, 0.4) is 0 Å². The zero-order valence-corrected chi connectivity index (χ0v) is 15.4. The third-order valence-corrected chi connectivity index (χ3v) is 4.69. The van der Waals surface area contributed by atoms with E-state index in [0.29, 0.717) is 11.3 Å². The Morgan fingerprint density at radius 1 is 0.821 bits per heavy atom. The Kier molecular flexibility index (Phi) is 5.11. The smallest absolute Gasteiger partial charge is 0.147 e. The van der Waals surface area contributed by atoms with Crippen molar-refractivity contribution in [3.05, 3.63) is 114 Å². The van der Waals surface area contributed by atoms with Crippen LogP contribution in [0.15, 0.2) is 102 Å². The molecule has 1 aliphatic heterocycles. The normalized spacial score (nSPS) is 16.7. The van der Waals surface area contributed by atoms with Crippen molar-refractivity contribution >= 4 is 30.3 Å². The summed E-state index contributed by atoms with van der Waals surface area (Å²) in [6.45, 7) is 0. The molecule has 3 N–H and O–H groups in total. The van der Waals surface area contributed by atoms with Crippen LogP contribution in [0.4, 0.5) is 0 Å². The van der Waals surface area contributed by atoms with Crippen molar-refractivity contribution in [1.82, 2.24) is 5.32 Å². The van der Waals surface area contributed by atoms with Crippen LogP contribution in [-0.4, -0.2) is 19.8 Å². The van der Waals surface area contributed by atoms with E-state index in [1.807, 2.05) is 66.9 Å². The van der Waals surface area contributed by atoms with Gasteiger partial charge in [0.1, 0.15) is 19.8 Å². The summed E-state index contributed by atoms with van der Waals surface area (Å²) in [5, 5.41) is 3.41. The molecular weight excluding hydrogens is 341 g/mol. The van der Waals surface area contributed by atoms with Crippen molar-refractivity contribution in [1.29, 1.82) is 0 Å². The van der Waals surface area contributed by atoms with E-state index in [4.69, 9.17) is 18.6 Å². The van der Waals surface area contributed by atoms with Gasteiger partial charge in [-0.3, -0.25) is 0 Å². The van der Waals surface area contributed by atoms with Gasteiger partial charge in [0.2, 0.25) is 0 Å². The van der Waals surface area contributed by atoms with Gasteiger partial charge in [-0.1, -0.05) is 90.4 Å². The van der Waals surface area contributed by atoms with Gasteiger partial charge < -0.3 is 11.1 Å². The van der Waals surface area contributed by atoms with E-state index < -0.39 is 0 Å². The maximum Gasteiger partial charge on any atom is 0.147 e. The lowest BCUT2D eigenvalue weighted by Gasteiger charge is -2.24. The first-order chi connectivity index (χ1) is 13.7. The van der Waals surface area contributed by atoms with E-state index in [2.05, 4.69) is 35.7 Å². The lowest BCUT2D eigenvalue weighted by Crippen LogP contribution is -2.30. The van der Waals surface area contributed by atoms with E-state index in [9.17, 15) is 0 Å². The SMILES string of the molecule is [B]c1ccc(C(N)=NC2NC=C(c3ccccc3)C=C2c2ccccc2)cc1. The summed E-state index contributed by atoms with van der Waals surface area (Å²) in [4.78, 5) is 4.75. The lowest BCUT2D eigenvalue weighted by molar-refractivity contribution is 0.749. The molecule has 4 rings (SSSR count). The number of benzene rings is 3. The van der Waals surface area contributed by atoms with E-state index in [0.717, 1.165) is 27.8 Å². The molecule has 4 heteroatoms. The molecule has 0 amide bonds. The fraction of sp³-hybridized carbons (Fsp3) is 0.0417. The minimum Gasteiger partial charge on any atom is -0.383 e. The van der Waals surface area contributed by atoms with Gasteiger partial charge in [0.05, 0.1) is 0 Å². The number of allylic oxidation sites excluding steroid dienone is 2. The zero-order valence-electron chi connectivity index (χ0n) is 15.4. The third-order valence-electron chi connectivity index (χ3n) is 4.69. The number of nitrogens with one attached hydrogen (secondary N) is 1. The molecule has 0 aromatic heterocycles. The Labute approximate surface area is 166 Å². The van der Waals surface area contributed by atoms with Crippen LogP contribution >= 0.6 is 0 Å². The summed E-state index contributed by atoms with van der Waals surface area (Å²) in [6, 6.07) is 27.9. The maximum atomic E-state index is 6.28. The number of hydrogen-bond acceptors (Lipinski definition) is 2.